The molecule has 8 aromatic carbocycles. The topological polar surface area (TPSA) is 21.3 Å². The second-order valence-corrected chi connectivity index (χ2v) is 14.5. The average molecular weight is 667 g/mol. The maximum Gasteiger partial charge on any atom is 0.159 e. The Morgan fingerprint density at radius 1 is 0.423 bits per heavy atom. The molecule has 0 aliphatic carbocycles. The maximum absolute atomic E-state index is 6.54. The van der Waals surface area contributed by atoms with Gasteiger partial charge >= 0.3 is 0 Å². The molecule has 0 saturated heterocycles. The van der Waals surface area contributed by atoms with Crippen molar-refractivity contribution in [2.45, 2.75) is 19.3 Å². The van der Waals surface area contributed by atoms with E-state index in [2.05, 4.69) is 187 Å². The fraction of sp³-hybridized carbons (Fsp3) is 0.0612. The first kappa shape index (κ1) is 29.2. The van der Waals surface area contributed by atoms with Crippen molar-refractivity contribution >= 4 is 71.6 Å². The highest BCUT2D eigenvalue weighted by atomic mass is 16.3. The fourth-order valence-electron chi connectivity index (χ4n) is 8.87. The first-order chi connectivity index (χ1) is 25.6. The highest BCUT2D eigenvalue weighted by molar-refractivity contribution is 6.13. The van der Waals surface area contributed by atoms with Crippen LogP contribution >= 0.6 is 0 Å². The highest BCUT2D eigenvalue weighted by Gasteiger charge is 2.37. The third-order valence-corrected chi connectivity index (χ3v) is 11.4. The van der Waals surface area contributed by atoms with E-state index in [4.69, 9.17) is 4.42 Å². The Morgan fingerprint density at radius 3 is 1.96 bits per heavy atom. The number of para-hydroxylation sites is 4. The molecule has 246 valence electrons. The normalized spacial score (nSPS) is 13.7. The van der Waals surface area contributed by atoms with E-state index >= 15 is 0 Å². The smallest absolute Gasteiger partial charge is 0.159 e. The number of benzene rings is 8. The van der Waals surface area contributed by atoms with E-state index < -0.39 is 0 Å². The van der Waals surface area contributed by atoms with E-state index in [0.717, 1.165) is 38.7 Å². The van der Waals surface area contributed by atoms with E-state index in [-0.39, 0.29) is 5.41 Å². The molecule has 0 saturated carbocycles. The minimum Gasteiger partial charge on any atom is -0.454 e. The molecule has 0 unspecified atom stereocenters. The predicted molar refractivity (Wildman–Crippen MR) is 218 cm³/mol. The summed E-state index contributed by atoms with van der Waals surface area (Å²) in [4.78, 5) is 2.47. The molecular weight excluding hydrogens is 633 g/mol. The third-order valence-electron chi connectivity index (χ3n) is 11.4. The lowest BCUT2D eigenvalue weighted by molar-refractivity contribution is 0.632. The van der Waals surface area contributed by atoms with Crippen LogP contribution < -0.4 is 4.90 Å². The van der Waals surface area contributed by atoms with Crippen molar-refractivity contribution < 1.29 is 4.42 Å². The van der Waals surface area contributed by atoms with Gasteiger partial charge in [0.15, 0.2) is 5.58 Å². The predicted octanol–water partition coefficient (Wildman–Crippen LogP) is 13.6. The molecule has 0 fully saturated rings. The average Bonchev–Trinajstić information content (AvgIpc) is 3.74. The molecule has 2 aromatic heterocycles. The number of nitrogens with zero attached hydrogens (tertiary/aromatic N) is 2. The minimum absolute atomic E-state index is 0.200. The number of hydrogen-bond acceptors (Lipinski definition) is 2. The number of furan rings is 1. The Morgan fingerprint density at radius 2 is 1.04 bits per heavy atom. The summed E-state index contributed by atoms with van der Waals surface area (Å²) in [6.07, 6.45) is 0. The first-order valence-electron chi connectivity index (χ1n) is 18.0. The number of hydrogen-bond donors (Lipinski definition) is 0. The Hall–Kier alpha value is -6.58. The molecule has 0 atom stereocenters. The zero-order chi connectivity index (χ0) is 34.6. The van der Waals surface area contributed by atoms with Crippen LogP contribution in [0.4, 0.5) is 17.1 Å². The van der Waals surface area contributed by atoms with E-state index in [9.17, 15) is 0 Å². The summed E-state index contributed by atoms with van der Waals surface area (Å²) >= 11 is 0. The SMILES string of the molecule is CC1(C)c2ccccc2N(c2cccc3ccccc23)c2ccc(-c3ccc4c(c3)c3ccccc3n4-c3cccc4c3oc3ccccc34)cc21. The van der Waals surface area contributed by atoms with Crippen LogP contribution in [0.2, 0.25) is 0 Å². The summed E-state index contributed by atoms with van der Waals surface area (Å²) in [7, 11) is 0. The maximum atomic E-state index is 6.54. The van der Waals surface area contributed by atoms with Crippen molar-refractivity contribution in [3.05, 3.63) is 181 Å². The summed E-state index contributed by atoms with van der Waals surface area (Å²) < 4.78 is 8.90. The van der Waals surface area contributed by atoms with Crippen molar-refractivity contribution in [3.63, 3.8) is 0 Å². The number of fused-ring (bicyclic) bond motifs is 9. The standard InChI is InChI=1S/C49H34N2O/c1-49(2)39-19-7-9-21-44(39)51(41-22-11-14-31-13-3-4-15-34(31)41)45-28-26-33(30-40(45)49)32-25-27-43-38(29-32)35-16-5-8-20-42(35)50(43)46-23-12-18-37-36-17-6-10-24-47(36)52-48(37)46/h3-30H,1-2H3. The van der Waals surface area contributed by atoms with Gasteiger partial charge < -0.3 is 13.9 Å². The van der Waals surface area contributed by atoms with Crippen LogP contribution in [0.25, 0.3) is 71.3 Å². The van der Waals surface area contributed by atoms with Gasteiger partial charge in [-0.1, -0.05) is 129 Å². The van der Waals surface area contributed by atoms with E-state index in [1.54, 1.807) is 0 Å². The summed E-state index contributed by atoms with van der Waals surface area (Å²) in [5, 5.41) is 7.20. The summed E-state index contributed by atoms with van der Waals surface area (Å²) in [5.41, 5.74) is 13.7. The van der Waals surface area contributed by atoms with Gasteiger partial charge in [-0.3, -0.25) is 0 Å². The van der Waals surface area contributed by atoms with Gasteiger partial charge in [0.2, 0.25) is 0 Å². The summed E-state index contributed by atoms with van der Waals surface area (Å²) in [6, 6.07) is 61.8. The van der Waals surface area contributed by atoms with E-state index in [1.807, 2.05) is 6.07 Å². The second kappa shape index (κ2) is 10.7. The van der Waals surface area contributed by atoms with Gasteiger partial charge in [-0.05, 0) is 82.2 Å². The third kappa shape index (κ3) is 4.02. The van der Waals surface area contributed by atoms with Crippen LogP contribution in [0.5, 0.6) is 0 Å². The molecule has 10 aromatic rings. The molecule has 0 spiro atoms. The van der Waals surface area contributed by atoms with Crippen LogP contribution in [-0.4, -0.2) is 4.57 Å². The van der Waals surface area contributed by atoms with Gasteiger partial charge in [-0.15, -0.1) is 0 Å². The molecule has 3 nitrogen and oxygen atoms in total. The van der Waals surface area contributed by atoms with Gasteiger partial charge in [0.25, 0.3) is 0 Å². The molecule has 3 heteroatoms. The van der Waals surface area contributed by atoms with Gasteiger partial charge in [0.1, 0.15) is 5.58 Å². The molecule has 0 N–H and O–H groups in total. The molecule has 1 aliphatic rings. The molecule has 0 amide bonds. The molecule has 3 heterocycles. The highest BCUT2D eigenvalue weighted by Crippen LogP contribution is 2.53. The second-order valence-electron chi connectivity index (χ2n) is 14.5. The molecule has 0 bridgehead atoms. The van der Waals surface area contributed by atoms with Crippen molar-refractivity contribution in [1.82, 2.24) is 4.57 Å². The molecule has 1 aliphatic heterocycles. The Bertz CT molecular complexity index is 3060. The fourth-order valence-corrected chi connectivity index (χ4v) is 8.87. The first-order valence-corrected chi connectivity index (χ1v) is 18.0. The minimum atomic E-state index is -0.200. The van der Waals surface area contributed by atoms with Crippen LogP contribution in [-0.2, 0) is 5.41 Å². The number of anilines is 3. The van der Waals surface area contributed by atoms with Gasteiger partial charge in [0, 0.05) is 32.3 Å². The molecular formula is C49H34N2O. The lowest BCUT2D eigenvalue weighted by atomic mass is 9.73. The van der Waals surface area contributed by atoms with Crippen molar-refractivity contribution in [2.24, 2.45) is 0 Å². The lowest BCUT2D eigenvalue weighted by Crippen LogP contribution is -2.30. The van der Waals surface area contributed by atoms with E-state index in [0.29, 0.717) is 0 Å². The summed E-state index contributed by atoms with van der Waals surface area (Å²) in [5.74, 6) is 0. The van der Waals surface area contributed by atoms with Crippen LogP contribution in [0.3, 0.4) is 0 Å². The Kier molecular flexibility index (Phi) is 6.01. The molecule has 0 radical (unpaired) electrons. The number of rotatable bonds is 3. The van der Waals surface area contributed by atoms with Crippen molar-refractivity contribution in [3.8, 4) is 16.8 Å². The summed E-state index contributed by atoms with van der Waals surface area (Å²) in [6.45, 7) is 4.73. The molecule has 52 heavy (non-hydrogen) atoms. The van der Waals surface area contributed by atoms with Crippen LogP contribution in [0.15, 0.2) is 174 Å². The van der Waals surface area contributed by atoms with Gasteiger partial charge in [-0.25, -0.2) is 0 Å². The zero-order valence-electron chi connectivity index (χ0n) is 29.0. The zero-order valence-corrected chi connectivity index (χ0v) is 29.0. The van der Waals surface area contributed by atoms with Crippen LogP contribution in [0.1, 0.15) is 25.0 Å². The Balaban J connectivity index is 1.11. The molecule has 11 rings (SSSR count). The lowest BCUT2D eigenvalue weighted by Gasteiger charge is -2.42. The van der Waals surface area contributed by atoms with E-state index in [1.165, 1.54) is 60.9 Å². The number of aromatic nitrogens is 1. The van der Waals surface area contributed by atoms with Gasteiger partial charge in [0.05, 0.1) is 33.8 Å². The van der Waals surface area contributed by atoms with Crippen molar-refractivity contribution in [2.75, 3.05) is 4.90 Å². The quantitative estimate of drug-likeness (QED) is 0.187. The van der Waals surface area contributed by atoms with Gasteiger partial charge in [-0.2, -0.15) is 0 Å². The Labute approximate surface area is 301 Å². The largest absolute Gasteiger partial charge is 0.454 e. The van der Waals surface area contributed by atoms with Crippen molar-refractivity contribution in [1.29, 1.82) is 0 Å². The van der Waals surface area contributed by atoms with Crippen LogP contribution in [0, 0.1) is 0 Å². The monoisotopic (exact) mass is 666 g/mol.